The average Bonchev–Trinajstić information content (AvgIpc) is 2.53. The van der Waals surface area contributed by atoms with Crippen LogP contribution in [0.15, 0.2) is 6.07 Å². The molecule has 0 aliphatic heterocycles. The molecule has 0 bridgehead atoms. The smallest absolute Gasteiger partial charge is 0.326 e. The monoisotopic (exact) mass is 225 g/mol. The fourth-order valence-corrected chi connectivity index (χ4v) is 1.39. The van der Waals surface area contributed by atoms with Crippen molar-refractivity contribution in [2.45, 2.75) is 26.3 Å². The summed E-state index contributed by atoms with van der Waals surface area (Å²) < 4.78 is 1.43. The Kier molecular flexibility index (Phi) is 3.65. The van der Waals surface area contributed by atoms with Crippen LogP contribution in [-0.2, 0) is 11.8 Å². The number of nitrogens with zero attached hydrogens (tertiary/aromatic N) is 2. The fraction of sp³-hybridized carbons (Fsp3) is 0.500. The summed E-state index contributed by atoms with van der Waals surface area (Å²) in [6.07, 6.45) is 0.345. The van der Waals surface area contributed by atoms with E-state index in [1.54, 1.807) is 27.0 Å². The van der Waals surface area contributed by atoms with Crippen molar-refractivity contribution in [3.63, 3.8) is 0 Å². The number of rotatable bonds is 4. The molecule has 1 heterocycles. The van der Waals surface area contributed by atoms with Gasteiger partial charge in [0.05, 0.1) is 5.69 Å². The maximum Gasteiger partial charge on any atom is 0.326 e. The Hall–Kier alpha value is -1.85. The van der Waals surface area contributed by atoms with Gasteiger partial charge in [0.2, 0.25) is 0 Å². The number of carboxylic acid groups (broad SMARTS) is 1. The number of carboxylic acids is 1. The van der Waals surface area contributed by atoms with Crippen molar-refractivity contribution in [2.75, 3.05) is 0 Å². The first-order valence-corrected chi connectivity index (χ1v) is 5.00. The van der Waals surface area contributed by atoms with E-state index in [2.05, 4.69) is 10.4 Å². The Morgan fingerprint density at radius 1 is 1.62 bits per heavy atom. The molecule has 0 spiro atoms. The highest BCUT2D eigenvalue weighted by atomic mass is 16.4. The van der Waals surface area contributed by atoms with Gasteiger partial charge >= 0.3 is 5.97 Å². The third-order valence-corrected chi connectivity index (χ3v) is 2.25. The van der Waals surface area contributed by atoms with Crippen LogP contribution in [-0.4, -0.2) is 32.8 Å². The number of aryl methyl sites for hydroxylation is 2. The molecule has 0 aromatic carbocycles. The van der Waals surface area contributed by atoms with Gasteiger partial charge in [-0.15, -0.1) is 0 Å². The molecule has 1 rings (SSSR count). The van der Waals surface area contributed by atoms with Crippen molar-refractivity contribution in [1.82, 2.24) is 15.1 Å². The van der Waals surface area contributed by atoms with E-state index in [9.17, 15) is 9.59 Å². The van der Waals surface area contributed by atoms with Gasteiger partial charge in [-0.05, 0) is 19.4 Å². The van der Waals surface area contributed by atoms with Crippen LogP contribution in [0.5, 0.6) is 0 Å². The molecule has 6 nitrogen and oxygen atoms in total. The Balaban J connectivity index is 2.79. The number of aromatic nitrogens is 2. The first-order chi connectivity index (χ1) is 7.45. The molecule has 0 saturated heterocycles. The minimum absolute atomic E-state index is 0.345. The van der Waals surface area contributed by atoms with Gasteiger partial charge in [0.1, 0.15) is 11.7 Å². The minimum Gasteiger partial charge on any atom is -0.480 e. The van der Waals surface area contributed by atoms with Crippen LogP contribution in [0.25, 0.3) is 0 Å². The Labute approximate surface area is 93.3 Å². The normalized spacial score (nSPS) is 12.2. The summed E-state index contributed by atoms with van der Waals surface area (Å²) in [6.45, 7) is 3.47. The topological polar surface area (TPSA) is 84.2 Å². The van der Waals surface area contributed by atoms with E-state index in [0.717, 1.165) is 5.69 Å². The SMILES string of the molecule is CC[C@H](NC(=O)c1cc(C)nn1C)C(=O)O. The van der Waals surface area contributed by atoms with E-state index >= 15 is 0 Å². The molecule has 1 aromatic rings. The minimum atomic E-state index is -1.03. The van der Waals surface area contributed by atoms with Crippen LogP contribution in [0.2, 0.25) is 0 Å². The zero-order valence-corrected chi connectivity index (χ0v) is 9.52. The number of nitrogens with one attached hydrogen (secondary N) is 1. The first-order valence-electron chi connectivity index (χ1n) is 5.00. The first kappa shape index (κ1) is 12.2. The predicted octanol–water partition coefficient (Wildman–Crippen LogP) is 0.322. The summed E-state index contributed by atoms with van der Waals surface area (Å²) in [6, 6.07) is 0.756. The number of hydrogen-bond acceptors (Lipinski definition) is 3. The highest BCUT2D eigenvalue weighted by molar-refractivity contribution is 5.95. The summed E-state index contributed by atoms with van der Waals surface area (Å²) >= 11 is 0. The molecule has 0 saturated carbocycles. The van der Waals surface area contributed by atoms with Crippen molar-refractivity contribution in [1.29, 1.82) is 0 Å². The highest BCUT2D eigenvalue weighted by Crippen LogP contribution is 2.02. The third-order valence-electron chi connectivity index (χ3n) is 2.25. The number of carbonyl (C=O) groups is 2. The molecule has 2 N–H and O–H groups in total. The second-order valence-corrected chi connectivity index (χ2v) is 3.57. The van der Waals surface area contributed by atoms with Gasteiger partial charge in [0.25, 0.3) is 5.91 Å². The van der Waals surface area contributed by atoms with E-state index in [-0.39, 0.29) is 0 Å². The average molecular weight is 225 g/mol. The summed E-state index contributed by atoms with van der Waals surface area (Å²) in [5.74, 6) is -1.45. The molecule has 0 radical (unpaired) electrons. The van der Waals surface area contributed by atoms with Crippen LogP contribution in [0.3, 0.4) is 0 Å². The zero-order valence-electron chi connectivity index (χ0n) is 9.52. The molecule has 1 amide bonds. The van der Waals surface area contributed by atoms with E-state index in [0.29, 0.717) is 12.1 Å². The molecule has 16 heavy (non-hydrogen) atoms. The Morgan fingerprint density at radius 2 is 2.25 bits per heavy atom. The van der Waals surface area contributed by atoms with Crippen molar-refractivity contribution in [2.24, 2.45) is 7.05 Å². The molecule has 6 heteroatoms. The van der Waals surface area contributed by atoms with E-state index in [1.807, 2.05) is 0 Å². The molecule has 1 atom stereocenters. The van der Waals surface area contributed by atoms with Gasteiger partial charge in [-0.2, -0.15) is 5.10 Å². The van der Waals surface area contributed by atoms with Gasteiger partial charge in [-0.25, -0.2) is 4.79 Å². The summed E-state index contributed by atoms with van der Waals surface area (Å²) in [5, 5.41) is 15.3. The van der Waals surface area contributed by atoms with Crippen LogP contribution >= 0.6 is 0 Å². The number of carbonyl (C=O) groups excluding carboxylic acids is 1. The second-order valence-electron chi connectivity index (χ2n) is 3.57. The van der Waals surface area contributed by atoms with Crippen LogP contribution in [0, 0.1) is 6.92 Å². The molecule has 0 aliphatic carbocycles. The van der Waals surface area contributed by atoms with Crippen LogP contribution in [0.1, 0.15) is 29.5 Å². The van der Waals surface area contributed by atoms with Crippen LogP contribution < -0.4 is 5.32 Å². The van der Waals surface area contributed by atoms with Gasteiger partial charge in [-0.1, -0.05) is 6.92 Å². The second kappa shape index (κ2) is 4.78. The lowest BCUT2D eigenvalue weighted by Gasteiger charge is -2.11. The molecule has 88 valence electrons. The zero-order chi connectivity index (χ0) is 12.3. The molecule has 0 unspecified atom stereocenters. The van der Waals surface area contributed by atoms with Crippen LogP contribution in [0.4, 0.5) is 0 Å². The molecule has 1 aromatic heterocycles. The molecule has 0 fully saturated rings. The number of hydrogen-bond donors (Lipinski definition) is 2. The molecular formula is C10H15N3O3. The molecular weight excluding hydrogens is 210 g/mol. The highest BCUT2D eigenvalue weighted by Gasteiger charge is 2.20. The Morgan fingerprint density at radius 3 is 2.62 bits per heavy atom. The van der Waals surface area contributed by atoms with Gasteiger partial charge in [-0.3, -0.25) is 9.48 Å². The summed E-state index contributed by atoms with van der Waals surface area (Å²) in [7, 11) is 1.64. The van der Waals surface area contributed by atoms with Crippen molar-refractivity contribution in [3.8, 4) is 0 Å². The Bertz CT molecular complexity index is 411. The van der Waals surface area contributed by atoms with Crippen molar-refractivity contribution < 1.29 is 14.7 Å². The third kappa shape index (κ3) is 2.59. The lowest BCUT2D eigenvalue weighted by atomic mass is 10.2. The molecule has 0 aliphatic rings. The predicted molar refractivity (Wildman–Crippen MR) is 57.1 cm³/mol. The maximum absolute atomic E-state index is 11.7. The van der Waals surface area contributed by atoms with Gasteiger partial charge in [0.15, 0.2) is 0 Å². The van der Waals surface area contributed by atoms with Crippen molar-refractivity contribution in [3.05, 3.63) is 17.5 Å². The lowest BCUT2D eigenvalue weighted by Crippen LogP contribution is -2.40. The maximum atomic E-state index is 11.7. The largest absolute Gasteiger partial charge is 0.480 e. The fourth-order valence-electron chi connectivity index (χ4n) is 1.39. The van der Waals surface area contributed by atoms with E-state index in [4.69, 9.17) is 5.11 Å². The van der Waals surface area contributed by atoms with Gasteiger partial charge in [0, 0.05) is 7.05 Å². The quantitative estimate of drug-likeness (QED) is 0.773. The number of amides is 1. The van der Waals surface area contributed by atoms with Gasteiger partial charge < -0.3 is 10.4 Å². The number of aliphatic carboxylic acids is 1. The van der Waals surface area contributed by atoms with Crippen molar-refractivity contribution >= 4 is 11.9 Å². The summed E-state index contributed by atoms with van der Waals surface area (Å²) in [5.41, 5.74) is 1.08. The van der Waals surface area contributed by atoms with E-state index < -0.39 is 17.9 Å². The standard InChI is InChI=1S/C10H15N3O3/c1-4-7(10(15)16)11-9(14)8-5-6(2)12-13(8)3/h5,7H,4H2,1-3H3,(H,11,14)(H,15,16)/t7-/m0/s1. The summed E-state index contributed by atoms with van der Waals surface area (Å²) in [4.78, 5) is 22.5. The van der Waals surface area contributed by atoms with E-state index in [1.165, 1.54) is 4.68 Å². The lowest BCUT2D eigenvalue weighted by molar-refractivity contribution is -0.139.